The molecule has 9 nitrogen and oxygen atoms in total. The summed E-state index contributed by atoms with van der Waals surface area (Å²) in [6.45, 7) is 2.25. The minimum atomic E-state index is -0.436. The van der Waals surface area contributed by atoms with Crippen molar-refractivity contribution in [2.75, 3.05) is 37.7 Å². The number of H-pyrrole nitrogens is 1. The number of esters is 1. The molecule has 166 valence electrons. The molecule has 0 bridgehead atoms. The second-order valence-electron chi connectivity index (χ2n) is 7.60. The first-order valence-corrected chi connectivity index (χ1v) is 10.7. The molecule has 3 heterocycles. The van der Waals surface area contributed by atoms with Gasteiger partial charge in [-0.15, -0.1) is 0 Å². The minimum absolute atomic E-state index is 0.150. The Balaban J connectivity index is 1.18. The highest BCUT2D eigenvalue weighted by Gasteiger charge is 2.22. The summed E-state index contributed by atoms with van der Waals surface area (Å²) in [5, 5.41) is 0.537. The van der Waals surface area contributed by atoms with Crippen molar-refractivity contribution >= 4 is 28.6 Å². The van der Waals surface area contributed by atoms with Crippen molar-refractivity contribution in [1.82, 2.24) is 19.9 Å². The van der Waals surface area contributed by atoms with Gasteiger partial charge in [0.05, 0.1) is 10.9 Å². The van der Waals surface area contributed by atoms with Crippen molar-refractivity contribution in [3.63, 3.8) is 0 Å². The van der Waals surface area contributed by atoms with E-state index < -0.39 is 5.97 Å². The lowest BCUT2D eigenvalue weighted by atomic mass is 10.2. The molecule has 1 N–H and O–H groups in total. The summed E-state index contributed by atoms with van der Waals surface area (Å²) >= 11 is 0. The van der Waals surface area contributed by atoms with Gasteiger partial charge < -0.3 is 19.5 Å². The van der Waals surface area contributed by atoms with Crippen molar-refractivity contribution in [2.45, 2.75) is 19.3 Å². The Hall–Kier alpha value is -3.75. The predicted octanol–water partition coefficient (Wildman–Crippen LogP) is 1.53. The van der Waals surface area contributed by atoms with Crippen LogP contribution in [0.2, 0.25) is 0 Å². The molecule has 1 amide bonds. The van der Waals surface area contributed by atoms with Crippen molar-refractivity contribution < 1.29 is 14.3 Å². The van der Waals surface area contributed by atoms with Crippen LogP contribution in [-0.4, -0.2) is 64.5 Å². The number of ether oxygens (including phenoxy) is 1. The van der Waals surface area contributed by atoms with Gasteiger partial charge in [0.25, 0.3) is 11.5 Å². The van der Waals surface area contributed by atoms with E-state index in [9.17, 15) is 14.4 Å². The van der Waals surface area contributed by atoms with Crippen LogP contribution in [0, 0.1) is 0 Å². The zero-order chi connectivity index (χ0) is 22.3. The Morgan fingerprint density at radius 3 is 2.59 bits per heavy atom. The molecule has 1 aromatic carbocycles. The summed E-state index contributed by atoms with van der Waals surface area (Å²) in [6, 6.07) is 12.9. The van der Waals surface area contributed by atoms with E-state index in [1.807, 2.05) is 24.3 Å². The minimum Gasteiger partial charge on any atom is -0.456 e. The Morgan fingerprint density at radius 2 is 1.81 bits per heavy atom. The number of para-hydroxylation sites is 1. The lowest BCUT2D eigenvalue weighted by molar-refractivity contribution is -0.152. The smallest absolute Gasteiger partial charge is 0.306 e. The fourth-order valence-electron chi connectivity index (χ4n) is 3.68. The van der Waals surface area contributed by atoms with Crippen LogP contribution in [0.4, 0.5) is 5.82 Å². The molecule has 4 rings (SSSR count). The summed E-state index contributed by atoms with van der Waals surface area (Å²) in [7, 11) is 0. The maximum absolute atomic E-state index is 12.4. The van der Waals surface area contributed by atoms with Gasteiger partial charge in [0.15, 0.2) is 6.61 Å². The van der Waals surface area contributed by atoms with Gasteiger partial charge in [0.1, 0.15) is 11.6 Å². The van der Waals surface area contributed by atoms with E-state index in [0.717, 1.165) is 5.82 Å². The maximum Gasteiger partial charge on any atom is 0.306 e. The first-order chi connectivity index (χ1) is 15.6. The monoisotopic (exact) mass is 435 g/mol. The molecule has 1 aliphatic heterocycles. The number of fused-ring (bicyclic) bond motifs is 1. The summed E-state index contributed by atoms with van der Waals surface area (Å²) in [6.07, 6.45) is 2.81. The highest BCUT2D eigenvalue weighted by atomic mass is 16.5. The number of amides is 1. The van der Waals surface area contributed by atoms with Gasteiger partial charge in [-0.3, -0.25) is 14.4 Å². The van der Waals surface area contributed by atoms with Crippen LogP contribution in [0.15, 0.2) is 53.5 Å². The number of carbonyl (C=O) groups excluding carboxylic acids is 2. The van der Waals surface area contributed by atoms with Crippen LogP contribution in [0.3, 0.4) is 0 Å². The fraction of sp³-hybridized carbons (Fsp3) is 0.348. The van der Waals surface area contributed by atoms with Gasteiger partial charge in [-0.2, -0.15) is 0 Å². The third-order valence-corrected chi connectivity index (χ3v) is 5.42. The zero-order valence-corrected chi connectivity index (χ0v) is 17.7. The molecule has 0 saturated carbocycles. The number of pyridine rings is 1. The molecule has 0 radical (unpaired) electrons. The van der Waals surface area contributed by atoms with Gasteiger partial charge in [-0.25, -0.2) is 9.97 Å². The summed E-state index contributed by atoms with van der Waals surface area (Å²) in [5.74, 6) is 0.796. The van der Waals surface area contributed by atoms with E-state index in [2.05, 4.69) is 19.9 Å². The molecule has 0 unspecified atom stereocenters. The number of aromatic amines is 1. The molecule has 1 fully saturated rings. The molecule has 1 aliphatic rings. The first kappa shape index (κ1) is 21.5. The molecule has 32 heavy (non-hydrogen) atoms. The van der Waals surface area contributed by atoms with E-state index in [1.54, 1.807) is 29.3 Å². The second kappa shape index (κ2) is 10.0. The van der Waals surface area contributed by atoms with Gasteiger partial charge in [-0.05, 0) is 30.7 Å². The quantitative estimate of drug-likeness (QED) is 0.561. The fourth-order valence-corrected chi connectivity index (χ4v) is 3.68. The van der Waals surface area contributed by atoms with Gasteiger partial charge in [0, 0.05) is 45.2 Å². The average Bonchev–Trinajstić information content (AvgIpc) is 2.83. The molecular weight excluding hydrogens is 410 g/mol. The number of hydrogen-bond acceptors (Lipinski definition) is 7. The molecule has 0 atom stereocenters. The van der Waals surface area contributed by atoms with Gasteiger partial charge in [-0.1, -0.05) is 18.2 Å². The standard InChI is InChI=1S/C23H25N5O4/c29-21(28-14-12-27(13-15-28)20-9-3-4-11-24-20)16-32-22(30)10-5-8-19-25-18-7-2-1-6-17(18)23(31)26-19/h1-4,6-7,9,11H,5,8,10,12-16H2,(H,25,26,31). The first-order valence-electron chi connectivity index (χ1n) is 10.7. The number of anilines is 1. The van der Waals surface area contributed by atoms with Crippen LogP contribution in [0.5, 0.6) is 0 Å². The van der Waals surface area contributed by atoms with Crippen molar-refractivity contribution in [1.29, 1.82) is 0 Å². The lowest BCUT2D eigenvalue weighted by Gasteiger charge is -2.35. The average molecular weight is 435 g/mol. The Morgan fingerprint density at radius 1 is 1.03 bits per heavy atom. The summed E-state index contributed by atoms with van der Waals surface area (Å²) < 4.78 is 5.15. The lowest BCUT2D eigenvalue weighted by Crippen LogP contribution is -2.50. The molecular formula is C23H25N5O4. The topological polar surface area (TPSA) is 108 Å². The number of aromatic nitrogens is 3. The van der Waals surface area contributed by atoms with Crippen LogP contribution in [0.1, 0.15) is 18.7 Å². The molecule has 3 aromatic rings. The largest absolute Gasteiger partial charge is 0.456 e. The SMILES string of the molecule is O=C(CCCc1nc2ccccc2c(=O)[nH]1)OCC(=O)N1CCN(c2ccccn2)CC1. The maximum atomic E-state index is 12.4. The van der Waals surface area contributed by atoms with Crippen molar-refractivity contribution in [2.24, 2.45) is 0 Å². The normalized spacial score (nSPS) is 13.9. The Labute approximate surface area is 185 Å². The number of piperazine rings is 1. The number of nitrogens with zero attached hydrogens (tertiary/aromatic N) is 4. The zero-order valence-electron chi connectivity index (χ0n) is 17.7. The molecule has 1 saturated heterocycles. The van der Waals surface area contributed by atoms with Gasteiger partial charge >= 0.3 is 5.97 Å². The van der Waals surface area contributed by atoms with Crippen LogP contribution in [0.25, 0.3) is 10.9 Å². The number of nitrogens with one attached hydrogen (secondary N) is 1. The molecule has 9 heteroatoms. The Kier molecular flexibility index (Phi) is 6.74. The Bertz CT molecular complexity index is 1140. The van der Waals surface area contributed by atoms with E-state index in [4.69, 9.17) is 4.74 Å². The van der Waals surface area contributed by atoms with E-state index in [0.29, 0.717) is 55.7 Å². The number of hydrogen-bond donors (Lipinski definition) is 1. The van der Waals surface area contributed by atoms with E-state index in [1.165, 1.54) is 0 Å². The third-order valence-electron chi connectivity index (χ3n) is 5.42. The van der Waals surface area contributed by atoms with Crippen molar-refractivity contribution in [3.05, 3.63) is 64.8 Å². The molecule has 2 aromatic heterocycles. The number of aryl methyl sites for hydroxylation is 1. The summed E-state index contributed by atoms with van der Waals surface area (Å²) in [4.78, 5) is 51.8. The van der Waals surface area contributed by atoms with E-state index in [-0.39, 0.29) is 24.5 Å². The van der Waals surface area contributed by atoms with E-state index >= 15 is 0 Å². The highest BCUT2D eigenvalue weighted by molar-refractivity contribution is 5.81. The predicted molar refractivity (Wildman–Crippen MR) is 119 cm³/mol. The second-order valence-corrected chi connectivity index (χ2v) is 7.60. The number of carbonyl (C=O) groups is 2. The van der Waals surface area contributed by atoms with Crippen LogP contribution < -0.4 is 10.5 Å². The number of benzene rings is 1. The highest BCUT2D eigenvalue weighted by Crippen LogP contribution is 2.13. The van der Waals surface area contributed by atoms with Crippen LogP contribution >= 0.6 is 0 Å². The molecule has 0 spiro atoms. The van der Waals surface area contributed by atoms with Crippen LogP contribution in [-0.2, 0) is 20.7 Å². The third kappa shape index (κ3) is 5.29. The summed E-state index contributed by atoms with van der Waals surface area (Å²) in [5.41, 5.74) is 0.435. The molecule has 0 aliphatic carbocycles. The van der Waals surface area contributed by atoms with Gasteiger partial charge in [0.2, 0.25) is 0 Å². The number of rotatable bonds is 7. The van der Waals surface area contributed by atoms with Crippen molar-refractivity contribution in [3.8, 4) is 0 Å².